The summed E-state index contributed by atoms with van der Waals surface area (Å²) in [5.74, 6) is -0.764. The van der Waals surface area contributed by atoms with E-state index in [-0.39, 0.29) is 21.5 Å². The van der Waals surface area contributed by atoms with Crippen molar-refractivity contribution >= 4 is 68.9 Å². The molecule has 1 aliphatic rings. The molecule has 4 aromatic carbocycles. The lowest BCUT2D eigenvalue weighted by atomic mass is 9.95. The highest BCUT2D eigenvalue weighted by Crippen LogP contribution is 2.45. The highest BCUT2D eigenvalue weighted by molar-refractivity contribution is 8.00. The summed E-state index contributed by atoms with van der Waals surface area (Å²) in [5.41, 5.74) is 4.03. The average Bonchev–Trinajstić information content (AvgIpc) is 3.63. The van der Waals surface area contributed by atoms with Gasteiger partial charge in [-0.3, -0.25) is 14.5 Å². The minimum atomic E-state index is -1.02. The Labute approximate surface area is 278 Å². The van der Waals surface area contributed by atoms with Crippen LogP contribution in [0, 0.1) is 6.92 Å². The molecule has 2 heterocycles. The molecule has 0 saturated carbocycles. The van der Waals surface area contributed by atoms with Crippen LogP contribution in [-0.4, -0.2) is 27.0 Å². The number of aliphatic hydroxyl groups excluding tert-OH is 1. The number of ether oxygens (including phenoxy) is 1. The van der Waals surface area contributed by atoms with Crippen LogP contribution in [0.15, 0.2) is 107 Å². The van der Waals surface area contributed by atoms with E-state index in [9.17, 15) is 14.7 Å². The second kappa shape index (κ2) is 13.5. The van der Waals surface area contributed by atoms with E-state index >= 15 is 0 Å². The molecule has 1 fully saturated rings. The van der Waals surface area contributed by atoms with Gasteiger partial charge >= 0.3 is 5.91 Å². The van der Waals surface area contributed by atoms with E-state index in [4.69, 9.17) is 27.9 Å². The van der Waals surface area contributed by atoms with Gasteiger partial charge in [0.2, 0.25) is 5.13 Å². The fourth-order valence-corrected chi connectivity index (χ4v) is 7.03. The van der Waals surface area contributed by atoms with E-state index in [1.807, 2.05) is 61.5 Å². The van der Waals surface area contributed by atoms with Crippen molar-refractivity contribution in [3.63, 3.8) is 0 Å². The first-order valence-corrected chi connectivity index (χ1v) is 16.4. The first-order valence-electron chi connectivity index (χ1n) is 13.8. The normalized spacial score (nSPS) is 15.9. The van der Waals surface area contributed by atoms with E-state index in [2.05, 4.69) is 10.2 Å². The van der Waals surface area contributed by atoms with E-state index in [0.29, 0.717) is 38.6 Å². The van der Waals surface area contributed by atoms with Gasteiger partial charge in [0, 0.05) is 11.3 Å². The van der Waals surface area contributed by atoms with Crippen LogP contribution in [0.1, 0.15) is 33.9 Å². The van der Waals surface area contributed by atoms with Gasteiger partial charge in [-0.25, -0.2) is 0 Å². The Morgan fingerprint density at radius 3 is 2.40 bits per heavy atom. The van der Waals surface area contributed by atoms with Gasteiger partial charge < -0.3 is 9.84 Å². The average molecular weight is 675 g/mol. The monoisotopic (exact) mass is 673 g/mol. The number of aromatic nitrogens is 2. The number of halogens is 2. The van der Waals surface area contributed by atoms with Crippen LogP contribution < -0.4 is 9.64 Å². The maximum absolute atomic E-state index is 13.6. The fraction of sp³-hybridized carbons (Fsp3) is 0.118. The number of ketones is 1. The Bertz CT molecular complexity index is 1910. The molecule has 1 amide bonds. The highest BCUT2D eigenvalue weighted by atomic mass is 35.5. The van der Waals surface area contributed by atoms with Crippen LogP contribution in [0.25, 0.3) is 5.76 Å². The molecule has 0 radical (unpaired) electrons. The number of Topliss-reactive ketones (excluding diaryl/α,β-unsaturated/α-hetero) is 1. The van der Waals surface area contributed by atoms with Gasteiger partial charge in [-0.15, -0.1) is 10.2 Å². The number of amides is 1. The van der Waals surface area contributed by atoms with E-state index in [1.165, 1.54) is 28.0 Å². The number of carbonyl (C=O) groups is 2. The van der Waals surface area contributed by atoms with Crippen LogP contribution in [0.2, 0.25) is 10.0 Å². The van der Waals surface area contributed by atoms with Crippen molar-refractivity contribution in [2.45, 2.75) is 29.7 Å². The molecule has 7 nitrogen and oxygen atoms in total. The second-order valence-corrected chi connectivity index (χ2v) is 13.2. The summed E-state index contributed by atoms with van der Waals surface area (Å²) in [4.78, 5) is 28.4. The first-order chi connectivity index (χ1) is 21.8. The van der Waals surface area contributed by atoms with Crippen molar-refractivity contribution in [1.29, 1.82) is 0 Å². The Balaban J connectivity index is 1.32. The third-order valence-corrected chi connectivity index (χ3v) is 10.2. The summed E-state index contributed by atoms with van der Waals surface area (Å²) in [6.07, 6.45) is 0. The number of aliphatic hydroxyl groups is 1. The van der Waals surface area contributed by atoms with Crippen LogP contribution in [0.3, 0.4) is 0 Å². The second-order valence-electron chi connectivity index (χ2n) is 10.2. The smallest absolute Gasteiger partial charge is 0.301 e. The summed E-state index contributed by atoms with van der Waals surface area (Å²) < 4.78 is 6.57. The lowest BCUT2D eigenvalue weighted by Crippen LogP contribution is -2.29. The summed E-state index contributed by atoms with van der Waals surface area (Å²) in [5, 5.41) is 20.8. The zero-order chi connectivity index (χ0) is 31.5. The molecular formula is C34H25Cl2N3O4S2. The molecule has 45 heavy (non-hydrogen) atoms. The van der Waals surface area contributed by atoms with Crippen molar-refractivity contribution in [1.82, 2.24) is 10.2 Å². The molecule has 0 bridgehead atoms. The molecular weight excluding hydrogens is 649 g/mol. The van der Waals surface area contributed by atoms with Crippen molar-refractivity contribution in [3.8, 4) is 5.75 Å². The number of aryl methyl sites for hydroxylation is 1. The van der Waals surface area contributed by atoms with Crippen LogP contribution in [0.5, 0.6) is 5.75 Å². The standard InChI is InChI=1S/C34H25Cl2N3O4S2/c1-20-7-5-6-10-24(20)18-43-25-14-11-22(12-15-25)30(40)28-29(23-13-16-26(35)27(36)17-23)39(32(42)31(28)41)33-37-38-34(45-33)44-19-21-8-3-2-4-9-21/h2-17,29,40H,18-19H2,1H3. The summed E-state index contributed by atoms with van der Waals surface area (Å²) >= 11 is 15.2. The molecule has 1 unspecified atom stereocenters. The van der Waals surface area contributed by atoms with E-state index < -0.39 is 17.7 Å². The third kappa shape index (κ3) is 6.62. The molecule has 1 aliphatic heterocycles. The van der Waals surface area contributed by atoms with Gasteiger partial charge in [0.1, 0.15) is 18.1 Å². The first kappa shape index (κ1) is 30.9. The van der Waals surface area contributed by atoms with Crippen LogP contribution in [0.4, 0.5) is 5.13 Å². The Morgan fingerprint density at radius 1 is 0.933 bits per heavy atom. The minimum Gasteiger partial charge on any atom is -0.507 e. The van der Waals surface area contributed by atoms with Gasteiger partial charge in [-0.1, -0.05) is 107 Å². The van der Waals surface area contributed by atoms with Gasteiger partial charge in [0.15, 0.2) is 4.34 Å². The third-order valence-electron chi connectivity index (χ3n) is 7.29. The lowest BCUT2D eigenvalue weighted by molar-refractivity contribution is -0.132. The summed E-state index contributed by atoms with van der Waals surface area (Å²) in [7, 11) is 0. The fourth-order valence-electron chi connectivity index (χ4n) is 4.90. The maximum Gasteiger partial charge on any atom is 0.301 e. The molecule has 6 rings (SSSR count). The van der Waals surface area contributed by atoms with Crippen LogP contribution >= 0.6 is 46.3 Å². The largest absolute Gasteiger partial charge is 0.507 e. The van der Waals surface area contributed by atoms with Crippen molar-refractivity contribution < 1.29 is 19.4 Å². The van der Waals surface area contributed by atoms with Gasteiger partial charge in [-0.2, -0.15) is 0 Å². The SMILES string of the molecule is Cc1ccccc1COc1ccc(C(O)=C2C(=O)C(=O)N(c3nnc(SCc4ccccc4)s3)C2c2ccc(Cl)c(Cl)c2)cc1. The number of hydrogen-bond donors (Lipinski definition) is 1. The number of rotatable bonds is 9. The molecule has 1 N–H and O–H groups in total. The van der Waals surface area contributed by atoms with E-state index in [0.717, 1.165) is 16.7 Å². The predicted molar refractivity (Wildman–Crippen MR) is 179 cm³/mol. The molecule has 226 valence electrons. The zero-order valence-electron chi connectivity index (χ0n) is 23.8. The number of nitrogens with zero attached hydrogens (tertiary/aromatic N) is 3. The topological polar surface area (TPSA) is 92.6 Å². The molecule has 1 aromatic heterocycles. The molecule has 11 heteroatoms. The highest BCUT2D eigenvalue weighted by Gasteiger charge is 2.48. The Kier molecular flexibility index (Phi) is 9.23. The number of anilines is 1. The molecule has 5 aromatic rings. The summed E-state index contributed by atoms with van der Waals surface area (Å²) in [6, 6.07) is 28.4. The molecule has 0 spiro atoms. The number of benzene rings is 4. The number of hydrogen-bond acceptors (Lipinski definition) is 8. The predicted octanol–water partition coefficient (Wildman–Crippen LogP) is 8.65. The number of carbonyl (C=O) groups excluding carboxylic acids is 2. The summed E-state index contributed by atoms with van der Waals surface area (Å²) in [6.45, 7) is 2.40. The van der Waals surface area contributed by atoms with Crippen molar-refractivity contribution in [2.75, 3.05) is 4.90 Å². The lowest BCUT2D eigenvalue weighted by Gasteiger charge is -2.23. The van der Waals surface area contributed by atoms with Crippen molar-refractivity contribution in [2.24, 2.45) is 0 Å². The molecule has 1 saturated heterocycles. The van der Waals surface area contributed by atoms with Crippen molar-refractivity contribution in [3.05, 3.63) is 140 Å². The van der Waals surface area contributed by atoms with Gasteiger partial charge in [0.25, 0.3) is 5.78 Å². The minimum absolute atomic E-state index is 0.0966. The molecule has 1 atom stereocenters. The van der Waals surface area contributed by atoms with Gasteiger partial charge in [-0.05, 0) is 65.6 Å². The van der Waals surface area contributed by atoms with Gasteiger partial charge in [0.05, 0.1) is 21.7 Å². The maximum atomic E-state index is 13.6. The number of thioether (sulfide) groups is 1. The zero-order valence-corrected chi connectivity index (χ0v) is 27.0. The Hall–Kier alpha value is -4.15. The van der Waals surface area contributed by atoms with E-state index in [1.54, 1.807) is 42.5 Å². The van der Waals surface area contributed by atoms with Crippen LogP contribution in [-0.2, 0) is 21.9 Å². The Morgan fingerprint density at radius 2 is 1.67 bits per heavy atom. The molecule has 0 aliphatic carbocycles. The quantitative estimate of drug-likeness (QED) is 0.0550.